The molecule has 3 rings (SSSR count). The second kappa shape index (κ2) is 8.05. The fourth-order valence-electron chi connectivity index (χ4n) is 3.42. The monoisotopic (exact) mass is 393 g/mol. The van der Waals surface area contributed by atoms with Crippen molar-refractivity contribution in [2.24, 2.45) is 11.8 Å². The van der Waals surface area contributed by atoms with Gasteiger partial charge in [0.2, 0.25) is 5.91 Å². The summed E-state index contributed by atoms with van der Waals surface area (Å²) in [6, 6.07) is 11.3. The molecule has 0 aliphatic heterocycles. The van der Waals surface area contributed by atoms with Crippen molar-refractivity contribution in [1.82, 2.24) is 0 Å². The minimum atomic E-state index is -1.27. The van der Waals surface area contributed by atoms with Crippen LogP contribution >= 0.6 is 11.6 Å². The number of hydrogen-bond acceptors (Lipinski definition) is 3. The van der Waals surface area contributed by atoms with Crippen molar-refractivity contribution in [2.45, 2.75) is 19.0 Å². The number of ether oxygens (including phenoxy) is 1. The molecule has 2 aromatic rings. The first kappa shape index (κ1) is 19.3. The molecule has 27 heavy (non-hydrogen) atoms. The number of hydrogen-bond donors (Lipinski definition) is 1. The van der Waals surface area contributed by atoms with E-state index in [0.29, 0.717) is 10.6 Å². The molecule has 4 nitrogen and oxygen atoms in total. The van der Waals surface area contributed by atoms with Gasteiger partial charge < -0.3 is 10.1 Å². The second-order valence-corrected chi connectivity index (χ2v) is 6.85. The van der Waals surface area contributed by atoms with Gasteiger partial charge in [-0.2, -0.15) is 0 Å². The molecule has 0 spiro atoms. The molecule has 0 bridgehead atoms. The van der Waals surface area contributed by atoms with Crippen molar-refractivity contribution in [3.63, 3.8) is 0 Å². The van der Waals surface area contributed by atoms with Crippen LogP contribution in [-0.2, 0) is 14.3 Å². The number of methoxy groups -OCH3 is 1. The summed E-state index contributed by atoms with van der Waals surface area (Å²) in [4.78, 5) is 24.4. The number of anilines is 1. The van der Waals surface area contributed by atoms with Gasteiger partial charge in [-0.05, 0) is 25.0 Å². The van der Waals surface area contributed by atoms with Crippen molar-refractivity contribution < 1.29 is 23.1 Å². The first-order valence-electron chi connectivity index (χ1n) is 8.48. The Labute approximate surface area is 160 Å². The van der Waals surface area contributed by atoms with Crippen molar-refractivity contribution in [3.8, 4) is 11.1 Å². The largest absolute Gasteiger partial charge is 0.469 e. The van der Waals surface area contributed by atoms with Gasteiger partial charge >= 0.3 is 5.97 Å². The van der Waals surface area contributed by atoms with E-state index >= 15 is 0 Å². The molecule has 0 heterocycles. The summed E-state index contributed by atoms with van der Waals surface area (Å²) < 4.78 is 33.3. The van der Waals surface area contributed by atoms with Gasteiger partial charge in [0.05, 0.1) is 24.6 Å². The van der Waals surface area contributed by atoms with Gasteiger partial charge in [0.15, 0.2) is 5.82 Å². The third-order valence-corrected chi connectivity index (χ3v) is 5.10. The van der Waals surface area contributed by atoms with Crippen molar-refractivity contribution in [1.29, 1.82) is 0 Å². The number of esters is 1. The molecule has 0 aromatic heterocycles. The van der Waals surface area contributed by atoms with Gasteiger partial charge in [-0.3, -0.25) is 9.59 Å². The Balaban J connectivity index is 1.86. The van der Waals surface area contributed by atoms with Crippen LogP contribution < -0.4 is 5.32 Å². The Morgan fingerprint density at radius 2 is 1.74 bits per heavy atom. The van der Waals surface area contributed by atoms with Crippen LogP contribution in [0.4, 0.5) is 14.5 Å². The highest BCUT2D eigenvalue weighted by Gasteiger charge is 2.43. The topological polar surface area (TPSA) is 55.4 Å². The molecule has 1 fully saturated rings. The van der Waals surface area contributed by atoms with E-state index in [1.807, 2.05) is 0 Å². The molecule has 1 amide bonds. The predicted molar refractivity (Wildman–Crippen MR) is 98.6 cm³/mol. The SMILES string of the molecule is COC(=O)[C@@H]1C[C@H](F)C[C@@H]1C(=O)Nc1cccc(-c2ccccc2Cl)c1F. The summed E-state index contributed by atoms with van der Waals surface area (Å²) in [5.74, 6) is -3.68. The molecule has 0 radical (unpaired) electrons. The molecule has 1 saturated carbocycles. The summed E-state index contributed by atoms with van der Waals surface area (Å²) in [6.07, 6.45) is -1.45. The number of halogens is 3. The first-order chi connectivity index (χ1) is 12.9. The maximum absolute atomic E-state index is 14.9. The fraction of sp³-hybridized carbons (Fsp3) is 0.300. The van der Waals surface area contributed by atoms with Crippen LogP contribution in [0.15, 0.2) is 42.5 Å². The molecular formula is C20H18ClF2NO3. The van der Waals surface area contributed by atoms with Crippen molar-refractivity contribution in [2.75, 3.05) is 12.4 Å². The summed E-state index contributed by atoms with van der Waals surface area (Å²) in [5, 5.41) is 2.86. The quantitative estimate of drug-likeness (QED) is 0.771. The van der Waals surface area contributed by atoms with E-state index in [1.165, 1.54) is 13.2 Å². The number of benzene rings is 2. The molecule has 3 atom stereocenters. The number of alkyl halides is 1. The maximum atomic E-state index is 14.9. The number of carbonyl (C=O) groups excluding carboxylic acids is 2. The third-order valence-electron chi connectivity index (χ3n) is 4.77. The first-order valence-corrected chi connectivity index (χ1v) is 8.86. The molecule has 7 heteroatoms. The predicted octanol–water partition coefficient (Wildman–Crippen LogP) is 4.62. The Morgan fingerprint density at radius 3 is 2.44 bits per heavy atom. The van der Waals surface area contributed by atoms with Crippen LogP contribution in [0.25, 0.3) is 11.1 Å². The zero-order valence-corrected chi connectivity index (χ0v) is 15.3. The summed E-state index contributed by atoms with van der Waals surface area (Å²) >= 11 is 6.13. The molecule has 2 aromatic carbocycles. The Hall–Kier alpha value is -2.47. The Morgan fingerprint density at radius 1 is 1.07 bits per heavy atom. The van der Waals surface area contributed by atoms with E-state index in [1.54, 1.807) is 36.4 Å². The second-order valence-electron chi connectivity index (χ2n) is 6.44. The lowest BCUT2D eigenvalue weighted by atomic mass is 9.95. The van der Waals surface area contributed by atoms with E-state index in [0.717, 1.165) is 0 Å². The average Bonchev–Trinajstić information content (AvgIpc) is 3.05. The van der Waals surface area contributed by atoms with Gasteiger partial charge in [0, 0.05) is 16.1 Å². The van der Waals surface area contributed by atoms with Gasteiger partial charge in [0.25, 0.3) is 0 Å². The minimum absolute atomic E-state index is 0.0525. The highest BCUT2D eigenvalue weighted by atomic mass is 35.5. The van der Waals surface area contributed by atoms with Crippen molar-refractivity contribution >= 4 is 29.2 Å². The van der Waals surface area contributed by atoms with Crippen LogP contribution in [-0.4, -0.2) is 25.2 Å². The van der Waals surface area contributed by atoms with Gasteiger partial charge in [-0.1, -0.05) is 41.9 Å². The van der Waals surface area contributed by atoms with Crippen LogP contribution in [0.1, 0.15) is 12.8 Å². The number of nitrogens with one attached hydrogen (secondary N) is 1. The lowest BCUT2D eigenvalue weighted by molar-refractivity contribution is -0.148. The van der Waals surface area contributed by atoms with Crippen LogP contribution in [0.2, 0.25) is 5.02 Å². The Bertz CT molecular complexity index is 874. The molecule has 1 N–H and O–H groups in total. The van der Waals surface area contributed by atoms with E-state index in [4.69, 9.17) is 11.6 Å². The lowest BCUT2D eigenvalue weighted by Gasteiger charge is -2.17. The average molecular weight is 394 g/mol. The normalized spacial score (nSPS) is 21.7. The molecule has 142 valence electrons. The molecule has 0 saturated heterocycles. The summed E-state index contributed by atoms with van der Waals surface area (Å²) in [6.45, 7) is 0. The highest BCUT2D eigenvalue weighted by molar-refractivity contribution is 6.33. The molecule has 1 aliphatic carbocycles. The standard InChI is InChI=1S/C20H18ClF2NO3/c1-27-20(26)15-10-11(22)9-14(15)19(25)24-17-8-4-6-13(18(17)23)12-5-2-3-7-16(12)21/h2-8,11,14-15H,9-10H2,1H3,(H,24,25)/t11-,14+,15-/m1/s1. The van der Waals surface area contributed by atoms with E-state index in [9.17, 15) is 18.4 Å². The molecule has 0 unspecified atom stereocenters. The molecule has 1 aliphatic rings. The Kier molecular flexibility index (Phi) is 5.75. The smallest absolute Gasteiger partial charge is 0.309 e. The zero-order valence-electron chi connectivity index (χ0n) is 14.5. The van der Waals surface area contributed by atoms with Crippen molar-refractivity contribution in [3.05, 3.63) is 53.3 Å². The van der Waals surface area contributed by atoms with Gasteiger partial charge in [-0.15, -0.1) is 0 Å². The fourth-order valence-corrected chi connectivity index (χ4v) is 3.66. The van der Waals surface area contributed by atoms with E-state index < -0.39 is 35.7 Å². The lowest BCUT2D eigenvalue weighted by Crippen LogP contribution is -2.31. The summed E-state index contributed by atoms with van der Waals surface area (Å²) in [5.41, 5.74) is 0.672. The zero-order chi connectivity index (χ0) is 19.6. The molecular weight excluding hydrogens is 376 g/mol. The van der Waals surface area contributed by atoms with Crippen LogP contribution in [0, 0.1) is 17.7 Å². The van der Waals surface area contributed by atoms with E-state index in [-0.39, 0.29) is 24.1 Å². The summed E-state index contributed by atoms with van der Waals surface area (Å²) in [7, 11) is 1.19. The van der Waals surface area contributed by atoms with Gasteiger partial charge in [0.1, 0.15) is 6.17 Å². The highest BCUT2D eigenvalue weighted by Crippen LogP contribution is 2.37. The number of rotatable bonds is 4. The number of amides is 1. The number of carbonyl (C=O) groups is 2. The van der Waals surface area contributed by atoms with Crippen LogP contribution in [0.5, 0.6) is 0 Å². The minimum Gasteiger partial charge on any atom is -0.469 e. The van der Waals surface area contributed by atoms with Gasteiger partial charge in [-0.25, -0.2) is 8.78 Å². The van der Waals surface area contributed by atoms with E-state index in [2.05, 4.69) is 10.1 Å². The third kappa shape index (κ3) is 3.95. The maximum Gasteiger partial charge on any atom is 0.309 e. The van der Waals surface area contributed by atoms with Crippen LogP contribution in [0.3, 0.4) is 0 Å².